The first-order chi connectivity index (χ1) is 63.1. The summed E-state index contributed by atoms with van der Waals surface area (Å²) in [6, 6.07) is 132. The van der Waals surface area contributed by atoms with E-state index in [1.165, 1.54) is 0 Å². The van der Waals surface area contributed by atoms with Crippen molar-refractivity contribution in [2.75, 3.05) is 0 Å². The number of aromatic nitrogens is 15. The first-order valence-corrected chi connectivity index (χ1v) is 44.6. The number of benzene rings is 12. The van der Waals surface area contributed by atoms with E-state index in [4.69, 9.17) is 39.9 Å². The Bertz CT molecular complexity index is 7480. The molecule has 0 aliphatic heterocycles. The normalized spacial score (nSPS) is 11.3. The number of nitrogens with zero attached hydrogens (tertiary/aromatic N) is 15. The molecule has 608 valence electrons. The van der Waals surface area contributed by atoms with Crippen LogP contribution in [0.3, 0.4) is 0 Å². The fourth-order valence-electron chi connectivity index (χ4n) is 16.5. The molecular formula is C109H69Br4N15. The van der Waals surface area contributed by atoms with Crippen molar-refractivity contribution in [3.05, 3.63) is 437 Å². The summed E-state index contributed by atoms with van der Waals surface area (Å²) >= 11 is 14.5. The van der Waals surface area contributed by atoms with Crippen LogP contribution in [0.15, 0.2) is 437 Å². The fraction of sp³-hybridized carbons (Fsp3) is 0. The summed E-state index contributed by atoms with van der Waals surface area (Å²) in [5.41, 5.74) is 27.9. The minimum Gasteiger partial charge on any atom is -0.307 e. The number of halogens is 4. The quantitative estimate of drug-likeness (QED) is 0.114. The van der Waals surface area contributed by atoms with Gasteiger partial charge >= 0.3 is 0 Å². The van der Waals surface area contributed by atoms with Crippen LogP contribution < -0.4 is 0 Å². The second-order valence-corrected chi connectivity index (χ2v) is 34.0. The Morgan fingerprint density at radius 1 is 0.203 bits per heavy atom. The maximum atomic E-state index is 5.04. The van der Waals surface area contributed by atoms with Crippen molar-refractivity contribution in [3.8, 4) is 113 Å². The van der Waals surface area contributed by atoms with Crippen molar-refractivity contribution in [3.63, 3.8) is 0 Å². The SMILES string of the molecule is Brc1ccc2c3ncccc3n(-c3cc(-c4ccccc4)nc(-c4ccccc4)c3)c2c1.Brc1ccc2c3ncccc3n(-c3cc(-c4ccccc4)nc(-c4ccccc4)n3)c2c1.Brc1ccc2c3ncccc3n(-c3cnc(-c4ccccc4)nc3-c3ccccc3)c2c1.Brc1ccc2c3ncccc3n(-c3nc(-c4ccccc4)cc(-c4ccccc4)n3)c2c1. The van der Waals surface area contributed by atoms with Crippen LogP contribution in [0.25, 0.3) is 201 Å². The molecule has 0 unspecified atom stereocenters. The van der Waals surface area contributed by atoms with Crippen molar-refractivity contribution in [2.45, 2.75) is 0 Å². The van der Waals surface area contributed by atoms with Crippen LogP contribution >= 0.6 is 63.7 Å². The van der Waals surface area contributed by atoms with Crippen LogP contribution in [0.1, 0.15) is 0 Å². The lowest BCUT2D eigenvalue weighted by molar-refractivity contribution is 0.994. The zero-order chi connectivity index (χ0) is 86.0. The third kappa shape index (κ3) is 15.9. The average Bonchev–Trinajstić information content (AvgIpc) is 1.60. The molecule has 0 amide bonds. The van der Waals surface area contributed by atoms with Crippen molar-refractivity contribution >= 4 is 151 Å². The van der Waals surface area contributed by atoms with Crippen molar-refractivity contribution in [1.82, 2.24) is 73.1 Å². The van der Waals surface area contributed by atoms with Crippen LogP contribution in [0.5, 0.6) is 0 Å². The lowest BCUT2D eigenvalue weighted by Crippen LogP contribution is -2.04. The first-order valence-electron chi connectivity index (χ1n) is 41.4. The van der Waals surface area contributed by atoms with Gasteiger partial charge in [0.2, 0.25) is 5.95 Å². The van der Waals surface area contributed by atoms with Gasteiger partial charge in [-0.1, -0.05) is 306 Å². The minimum atomic E-state index is 0.622. The molecule has 0 spiro atoms. The van der Waals surface area contributed by atoms with Crippen LogP contribution in [0.4, 0.5) is 0 Å². The summed E-state index contributed by atoms with van der Waals surface area (Å²) in [7, 11) is 0. The summed E-state index contributed by atoms with van der Waals surface area (Å²) < 4.78 is 12.8. The first kappa shape index (κ1) is 79.9. The van der Waals surface area contributed by atoms with E-state index < -0.39 is 0 Å². The van der Waals surface area contributed by atoms with Gasteiger partial charge < -0.3 is 9.13 Å². The van der Waals surface area contributed by atoms with Gasteiger partial charge in [0.1, 0.15) is 5.82 Å². The van der Waals surface area contributed by atoms with E-state index in [0.717, 1.165) is 201 Å². The van der Waals surface area contributed by atoms with Crippen molar-refractivity contribution in [2.24, 2.45) is 0 Å². The van der Waals surface area contributed by atoms with Gasteiger partial charge in [-0.3, -0.25) is 29.1 Å². The van der Waals surface area contributed by atoms with Gasteiger partial charge in [0.15, 0.2) is 11.6 Å². The third-order valence-corrected chi connectivity index (χ3v) is 24.3. The predicted molar refractivity (Wildman–Crippen MR) is 533 cm³/mol. The lowest BCUT2D eigenvalue weighted by Gasteiger charge is -2.14. The second kappa shape index (κ2) is 35.4. The summed E-state index contributed by atoms with van der Waals surface area (Å²) in [5, 5.41) is 4.38. The minimum absolute atomic E-state index is 0.622. The Hall–Kier alpha value is -15.3. The molecule has 0 atom stereocenters. The lowest BCUT2D eigenvalue weighted by atomic mass is 10.1. The topological polar surface area (TPSA) is 162 Å². The average molecular weight is 1910 g/mol. The molecule has 128 heavy (non-hydrogen) atoms. The highest BCUT2D eigenvalue weighted by Gasteiger charge is 2.24. The molecule has 0 fully saturated rings. The molecule has 12 aromatic heterocycles. The van der Waals surface area contributed by atoms with Gasteiger partial charge in [0, 0.05) is 115 Å². The van der Waals surface area contributed by atoms with Crippen molar-refractivity contribution < 1.29 is 0 Å². The Kier molecular flexibility index (Phi) is 22.1. The number of pyridine rings is 5. The molecule has 0 N–H and O–H groups in total. The Morgan fingerprint density at radius 3 is 0.914 bits per heavy atom. The maximum Gasteiger partial charge on any atom is 0.235 e. The van der Waals surface area contributed by atoms with E-state index in [1.54, 1.807) is 0 Å². The molecule has 24 rings (SSSR count). The Balaban J connectivity index is 0.000000104. The molecule has 0 saturated heterocycles. The summed E-state index contributed by atoms with van der Waals surface area (Å²) in [6.07, 6.45) is 9.26. The highest BCUT2D eigenvalue weighted by atomic mass is 79.9. The monoisotopic (exact) mass is 1900 g/mol. The van der Waals surface area contributed by atoms with Gasteiger partial charge in [0.05, 0.1) is 118 Å². The van der Waals surface area contributed by atoms with E-state index in [2.05, 4.69) is 273 Å². The number of hydrogen-bond donors (Lipinski definition) is 0. The summed E-state index contributed by atoms with van der Waals surface area (Å²) in [5.74, 6) is 2.82. The zero-order valence-electron chi connectivity index (χ0n) is 68.1. The molecule has 0 radical (unpaired) electrons. The fourth-order valence-corrected chi connectivity index (χ4v) is 17.9. The molecule has 0 aliphatic carbocycles. The Labute approximate surface area is 768 Å². The standard InChI is InChI=1S/C28H18BrN3.3C27H17BrN4/c29-21-13-14-23-27(16-21)32(26-12-7-15-30-28(23)26)22-17-24(19-8-3-1-4-9-19)31-25(18-22)20-10-5-2-6-11-20;28-20-13-14-21-25(16-20)32(24-12-7-15-29-26(21)24)27-30-22(18-8-3-1-4-9-18)17-23(31-27)19-10-5-2-6-11-19;28-20-13-14-21-24(16-20)32(23-12-7-15-29-26(21)23)25-17-22(18-8-3-1-4-9-18)30-27(31-25)19-10-5-2-6-11-19;28-20-13-14-21-23(16-20)32(22-12-7-15-29-26(21)22)24-17-30-27(19-10-5-2-6-11-19)31-25(24)18-8-3-1-4-9-18/h1-18H;3*1-17H. The smallest absolute Gasteiger partial charge is 0.235 e. The molecule has 24 aromatic rings. The Morgan fingerprint density at radius 2 is 0.516 bits per heavy atom. The molecule has 12 aromatic carbocycles. The maximum absolute atomic E-state index is 5.04. The van der Waals surface area contributed by atoms with Crippen molar-refractivity contribution in [1.29, 1.82) is 0 Å². The van der Waals surface area contributed by atoms with Gasteiger partial charge in [-0.15, -0.1) is 0 Å². The van der Waals surface area contributed by atoms with Crippen LogP contribution in [-0.4, -0.2) is 73.1 Å². The van der Waals surface area contributed by atoms with E-state index in [9.17, 15) is 0 Å². The second-order valence-electron chi connectivity index (χ2n) is 30.3. The van der Waals surface area contributed by atoms with Crippen LogP contribution in [0, 0.1) is 0 Å². The zero-order valence-corrected chi connectivity index (χ0v) is 74.4. The number of rotatable bonds is 12. The number of hydrogen-bond acceptors (Lipinski definition) is 11. The summed E-state index contributed by atoms with van der Waals surface area (Å²) in [4.78, 5) is 53.5. The van der Waals surface area contributed by atoms with Gasteiger partial charge in [-0.05, 0) is 140 Å². The van der Waals surface area contributed by atoms with E-state index >= 15 is 0 Å². The van der Waals surface area contributed by atoms with E-state index in [0.29, 0.717) is 17.6 Å². The summed E-state index contributed by atoms with van der Waals surface area (Å²) in [6.45, 7) is 0. The molecular weight excluding hydrogens is 1840 g/mol. The molecule has 12 heterocycles. The van der Waals surface area contributed by atoms with E-state index in [-0.39, 0.29) is 0 Å². The molecule has 0 bridgehead atoms. The highest BCUT2D eigenvalue weighted by Crippen LogP contribution is 2.42. The molecule has 0 aliphatic rings. The predicted octanol–water partition coefficient (Wildman–Crippen LogP) is 28.9. The molecule has 19 heteroatoms. The molecule has 15 nitrogen and oxygen atoms in total. The van der Waals surface area contributed by atoms with Gasteiger partial charge in [-0.2, -0.15) is 0 Å². The largest absolute Gasteiger partial charge is 0.307 e. The third-order valence-electron chi connectivity index (χ3n) is 22.3. The van der Waals surface area contributed by atoms with E-state index in [1.807, 2.05) is 243 Å². The number of fused-ring (bicyclic) bond motifs is 12. The molecule has 0 saturated carbocycles. The highest BCUT2D eigenvalue weighted by molar-refractivity contribution is 9.11. The van der Waals surface area contributed by atoms with Gasteiger partial charge in [0.25, 0.3) is 0 Å². The van der Waals surface area contributed by atoms with Crippen LogP contribution in [-0.2, 0) is 0 Å². The van der Waals surface area contributed by atoms with Gasteiger partial charge in [-0.25, -0.2) is 34.9 Å². The van der Waals surface area contributed by atoms with Crippen LogP contribution in [0.2, 0.25) is 0 Å².